The van der Waals surface area contributed by atoms with Gasteiger partial charge >= 0.3 is 0 Å². The predicted octanol–water partition coefficient (Wildman–Crippen LogP) is 8.58. The number of hydrogen-bond donors (Lipinski definition) is 0. The Labute approximate surface area is 190 Å². The molecule has 0 radical (unpaired) electrons. The van der Waals surface area contributed by atoms with Gasteiger partial charge in [-0.1, -0.05) is 89.7 Å². The summed E-state index contributed by atoms with van der Waals surface area (Å²) in [4.78, 5) is 18.9. The van der Waals surface area contributed by atoms with Gasteiger partial charge in [0.1, 0.15) is 5.69 Å². The molecule has 0 fully saturated rings. The van der Waals surface area contributed by atoms with Gasteiger partial charge in [0.15, 0.2) is 0 Å². The molecular formula is C27H30N2OS. The summed E-state index contributed by atoms with van der Waals surface area (Å²) in [7, 11) is 0. The number of rotatable bonds is 5. The highest BCUT2D eigenvalue weighted by Crippen LogP contribution is 2.39. The van der Waals surface area contributed by atoms with Crippen molar-refractivity contribution in [3.05, 3.63) is 88.3 Å². The third kappa shape index (κ3) is 5.71. The van der Waals surface area contributed by atoms with E-state index >= 15 is 0 Å². The summed E-state index contributed by atoms with van der Waals surface area (Å²) >= 11 is 1.68. The van der Waals surface area contributed by atoms with E-state index < -0.39 is 0 Å². The number of hydrogen-bond acceptors (Lipinski definition) is 4. The largest absolute Gasteiger partial charge is 0.255 e. The molecule has 0 aliphatic heterocycles. The summed E-state index contributed by atoms with van der Waals surface area (Å²) < 4.78 is 0. The van der Waals surface area contributed by atoms with E-state index in [2.05, 4.69) is 71.0 Å². The van der Waals surface area contributed by atoms with Crippen LogP contribution in [-0.2, 0) is 10.8 Å². The maximum atomic E-state index is 11.9. The number of para-hydroxylation sites is 1. The maximum Gasteiger partial charge on any atom is 0.120 e. The highest BCUT2D eigenvalue weighted by molar-refractivity contribution is 7.99. The van der Waals surface area contributed by atoms with Gasteiger partial charge in [-0.2, -0.15) is 0 Å². The van der Waals surface area contributed by atoms with Crippen LogP contribution >= 0.6 is 11.8 Å². The lowest BCUT2D eigenvalue weighted by Gasteiger charge is -2.26. The zero-order valence-electron chi connectivity index (χ0n) is 19.1. The molecule has 3 aromatic rings. The molecule has 31 heavy (non-hydrogen) atoms. The normalized spacial score (nSPS) is 12.3. The fourth-order valence-corrected chi connectivity index (χ4v) is 4.19. The van der Waals surface area contributed by atoms with Crippen molar-refractivity contribution in [2.24, 2.45) is 10.2 Å². The average molecular weight is 431 g/mol. The first kappa shape index (κ1) is 23.0. The molecule has 0 aromatic heterocycles. The topological polar surface area (TPSA) is 41.8 Å². The first-order valence-electron chi connectivity index (χ1n) is 10.5. The highest BCUT2D eigenvalue weighted by atomic mass is 32.2. The monoisotopic (exact) mass is 430 g/mol. The molecule has 3 aromatic carbocycles. The molecule has 3 nitrogen and oxygen atoms in total. The summed E-state index contributed by atoms with van der Waals surface area (Å²) in [5.41, 5.74) is 3.96. The van der Waals surface area contributed by atoms with Crippen molar-refractivity contribution in [1.82, 2.24) is 0 Å². The Hall–Kier alpha value is -2.72. The Balaban J connectivity index is 2.08. The van der Waals surface area contributed by atoms with Crippen molar-refractivity contribution in [3.63, 3.8) is 0 Å². The molecule has 0 saturated carbocycles. The summed E-state index contributed by atoms with van der Waals surface area (Å²) in [5, 5.41) is 3.42. The Morgan fingerprint density at radius 2 is 1.45 bits per heavy atom. The molecule has 0 spiro atoms. The van der Waals surface area contributed by atoms with Crippen molar-refractivity contribution < 1.29 is 0 Å². The van der Waals surface area contributed by atoms with Crippen molar-refractivity contribution in [2.45, 2.75) is 62.2 Å². The summed E-state index contributed by atoms with van der Waals surface area (Å²) in [5.74, 6) is 0. The molecular weight excluding hydrogens is 400 g/mol. The van der Waals surface area contributed by atoms with Crippen LogP contribution in [0.2, 0.25) is 0 Å². The average Bonchev–Trinajstić information content (AvgIpc) is 2.72. The Bertz CT molecular complexity index is 1090. The van der Waals surface area contributed by atoms with Crippen LogP contribution in [0.1, 0.15) is 58.2 Å². The molecule has 0 aliphatic rings. The lowest BCUT2D eigenvalue weighted by Crippen LogP contribution is -2.17. The van der Waals surface area contributed by atoms with E-state index in [1.54, 1.807) is 18.0 Å². The van der Waals surface area contributed by atoms with E-state index in [4.69, 9.17) is 4.99 Å². The van der Waals surface area contributed by atoms with Crippen LogP contribution in [0.25, 0.3) is 0 Å². The van der Waals surface area contributed by atoms with E-state index in [9.17, 15) is 4.91 Å². The van der Waals surface area contributed by atoms with Crippen molar-refractivity contribution in [1.29, 1.82) is 0 Å². The van der Waals surface area contributed by atoms with Gasteiger partial charge in [-0.25, -0.2) is 0 Å². The number of aliphatic imine (C=N–C) groups is 1. The molecule has 0 aliphatic carbocycles. The van der Waals surface area contributed by atoms with Crippen LogP contribution in [0.5, 0.6) is 0 Å². The van der Waals surface area contributed by atoms with Gasteiger partial charge in [-0.3, -0.25) is 4.99 Å². The molecule has 0 amide bonds. The van der Waals surface area contributed by atoms with Crippen molar-refractivity contribution in [3.8, 4) is 0 Å². The summed E-state index contributed by atoms with van der Waals surface area (Å²) in [6.45, 7) is 12.9. The van der Waals surface area contributed by atoms with Gasteiger partial charge in [-0.05, 0) is 57.5 Å². The second kappa shape index (κ2) is 9.19. The van der Waals surface area contributed by atoms with Gasteiger partial charge in [0.25, 0.3) is 0 Å². The molecule has 4 heteroatoms. The lowest BCUT2D eigenvalue weighted by molar-refractivity contribution is 0.569. The molecule has 0 bridgehead atoms. The van der Waals surface area contributed by atoms with Crippen LogP contribution in [-0.4, -0.2) is 6.21 Å². The van der Waals surface area contributed by atoms with Crippen LogP contribution in [0, 0.1) is 4.91 Å². The van der Waals surface area contributed by atoms with Gasteiger partial charge in [0.05, 0.1) is 5.69 Å². The van der Waals surface area contributed by atoms with E-state index in [-0.39, 0.29) is 10.8 Å². The second-order valence-corrected chi connectivity index (χ2v) is 10.8. The second-order valence-electron chi connectivity index (χ2n) is 9.69. The Morgan fingerprint density at radius 3 is 2.06 bits per heavy atom. The van der Waals surface area contributed by atoms with Crippen molar-refractivity contribution in [2.75, 3.05) is 0 Å². The zero-order chi connectivity index (χ0) is 22.6. The standard InChI is InChI=1S/C27H30N2OS/c1-26(2,3)20-16-19(25(29-30)22(17-20)27(4,5)6)18-28-23-14-10-11-15-24(23)31-21-12-8-7-9-13-21/h7-18H,1-6H3. The maximum absolute atomic E-state index is 11.9. The minimum Gasteiger partial charge on any atom is -0.255 e. The minimum atomic E-state index is -0.200. The lowest BCUT2D eigenvalue weighted by atomic mass is 9.78. The van der Waals surface area contributed by atoms with Gasteiger partial charge in [-0.15, -0.1) is 4.91 Å². The van der Waals surface area contributed by atoms with Gasteiger partial charge < -0.3 is 0 Å². The van der Waals surface area contributed by atoms with E-state index in [1.165, 1.54) is 5.56 Å². The molecule has 160 valence electrons. The third-order valence-electron chi connectivity index (χ3n) is 5.08. The summed E-state index contributed by atoms with van der Waals surface area (Å²) in [6, 6.07) is 22.5. The summed E-state index contributed by atoms with van der Waals surface area (Å²) in [6.07, 6.45) is 1.78. The fraction of sp³-hybridized carbons (Fsp3) is 0.296. The predicted molar refractivity (Wildman–Crippen MR) is 134 cm³/mol. The minimum absolute atomic E-state index is 0.0505. The SMILES string of the molecule is CC(C)(C)c1cc(C=Nc2ccccc2Sc2ccccc2)c(N=O)c(C(C)(C)C)c1. The molecule has 0 atom stereocenters. The first-order chi connectivity index (χ1) is 14.6. The zero-order valence-corrected chi connectivity index (χ0v) is 20.0. The molecule has 0 heterocycles. The Kier molecular flexibility index (Phi) is 6.80. The van der Waals surface area contributed by atoms with E-state index in [1.807, 2.05) is 42.5 Å². The van der Waals surface area contributed by atoms with Crippen LogP contribution in [0.3, 0.4) is 0 Å². The number of nitroso groups, excluding NO2 is 1. The van der Waals surface area contributed by atoms with Crippen molar-refractivity contribution >= 4 is 29.4 Å². The highest BCUT2D eigenvalue weighted by Gasteiger charge is 2.25. The number of nitrogens with zero attached hydrogens (tertiary/aromatic N) is 2. The van der Waals surface area contributed by atoms with Gasteiger partial charge in [0.2, 0.25) is 0 Å². The van der Waals surface area contributed by atoms with E-state index in [0.29, 0.717) is 5.69 Å². The smallest absolute Gasteiger partial charge is 0.120 e. The molecule has 3 rings (SSSR count). The fourth-order valence-electron chi connectivity index (χ4n) is 3.27. The quantitative estimate of drug-likeness (QED) is 0.300. The van der Waals surface area contributed by atoms with Gasteiger partial charge in [0, 0.05) is 21.6 Å². The van der Waals surface area contributed by atoms with E-state index in [0.717, 1.165) is 26.6 Å². The third-order valence-corrected chi connectivity index (χ3v) is 6.16. The van der Waals surface area contributed by atoms with Crippen LogP contribution in [0.4, 0.5) is 11.4 Å². The molecule has 0 saturated heterocycles. The first-order valence-corrected chi connectivity index (χ1v) is 11.3. The van der Waals surface area contributed by atoms with Crippen LogP contribution in [0.15, 0.2) is 86.7 Å². The Morgan fingerprint density at radius 1 is 0.806 bits per heavy atom. The molecule has 0 unspecified atom stereocenters. The molecule has 0 N–H and O–H groups in total. The van der Waals surface area contributed by atoms with Crippen LogP contribution < -0.4 is 0 Å². The number of benzene rings is 3.